The monoisotopic (exact) mass is 844 g/mol. The topological polar surface area (TPSA) is 17.0 Å². The third-order valence-electron chi connectivity index (χ3n) is 13.3. The van der Waals surface area contributed by atoms with Crippen molar-refractivity contribution in [2.45, 2.75) is 70.6 Å². The number of nitrogens with zero attached hydrogens (tertiary/aromatic N) is 1. The molecular weight excluding hydrogens is 785 g/mol. The Hall–Kier alpha value is -7.16. The summed E-state index contributed by atoms with van der Waals surface area (Å²) in [5, 5.41) is 7.05. The van der Waals surface area contributed by atoms with Gasteiger partial charge in [-0.2, -0.15) is 0 Å². The van der Waals surface area contributed by atoms with Crippen LogP contribution in [0.3, 0.4) is 0 Å². The van der Waals surface area contributed by atoms with Crippen molar-refractivity contribution in [2.75, 3.05) is 5.32 Å². The van der Waals surface area contributed by atoms with Gasteiger partial charge < -0.3 is 9.88 Å². The van der Waals surface area contributed by atoms with Gasteiger partial charge >= 0.3 is 0 Å². The van der Waals surface area contributed by atoms with Crippen LogP contribution in [-0.4, -0.2) is 4.57 Å². The van der Waals surface area contributed by atoms with Crippen LogP contribution >= 0.6 is 0 Å². The molecule has 1 aliphatic heterocycles. The number of rotatable bonds is 10. The third kappa shape index (κ3) is 9.69. The van der Waals surface area contributed by atoms with Crippen molar-refractivity contribution >= 4 is 46.5 Å². The van der Waals surface area contributed by atoms with Crippen molar-refractivity contribution in [1.82, 2.24) is 4.57 Å². The summed E-state index contributed by atoms with van der Waals surface area (Å²) in [6.45, 7) is 8.66. The largest absolute Gasteiger partial charge is 0.361 e. The summed E-state index contributed by atoms with van der Waals surface area (Å²) >= 11 is 0. The molecule has 0 unspecified atom stereocenters. The molecule has 1 N–H and O–H groups in total. The van der Waals surface area contributed by atoms with E-state index in [9.17, 15) is 0 Å². The van der Waals surface area contributed by atoms with Crippen LogP contribution in [0.4, 0.5) is 5.69 Å². The highest BCUT2D eigenvalue weighted by molar-refractivity contribution is 5.89. The maximum absolute atomic E-state index is 4.66. The Balaban J connectivity index is 0.00000263. The summed E-state index contributed by atoms with van der Waals surface area (Å²) in [4.78, 5) is 0. The first-order chi connectivity index (χ1) is 32.2. The molecule has 2 bridgehead atoms. The number of hydrogen-bond donors (Lipinski definition) is 1. The maximum atomic E-state index is 4.66. The molecular formula is C63H60N2. The van der Waals surface area contributed by atoms with Gasteiger partial charge in [-0.1, -0.05) is 216 Å². The fourth-order valence-electron chi connectivity index (χ4n) is 9.79. The van der Waals surface area contributed by atoms with E-state index in [4.69, 9.17) is 0 Å². The van der Waals surface area contributed by atoms with Crippen LogP contribution in [0.5, 0.6) is 0 Å². The first kappa shape index (κ1) is 43.1. The van der Waals surface area contributed by atoms with Gasteiger partial charge in [0.2, 0.25) is 0 Å². The van der Waals surface area contributed by atoms with Crippen molar-refractivity contribution in [2.24, 2.45) is 0 Å². The molecule has 0 spiro atoms. The van der Waals surface area contributed by atoms with Crippen molar-refractivity contribution in [3.05, 3.63) is 244 Å². The Labute approximate surface area is 386 Å². The van der Waals surface area contributed by atoms with E-state index in [1.54, 1.807) is 0 Å². The summed E-state index contributed by atoms with van der Waals surface area (Å²) in [6.07, 6.45) is 33.2. The van der Waals surface area contributed by atoms with E-state index in [2.05, 4.69) is 223 Å². The Morgan fingerprint density at radius 3 is 2.28 bits per heavy atom. The van der Waals surface area contributed by atoms with Gasteiger partial charge in [0.1, 0.15) is 0 Å². The minimum absolute atomic E-state index is 0.275. The molecule has 2 heteroatoms. The zero-order chi connectivity index (χ0) is 44.4. The Morgan fingerprint density at radius 2 is 1.49 bits per heavy atom. The van der Waals surface area contributed by atoms with Crippen LogP contribution in [0.25, 0.3) is 57.6 Å². The van der Waals surface area contributed by atoms with Crippen LogP contribution in [0.1, 0.15) is 97.6 Å². The van der Waals surface area contributed by atoms with Gasteiger partial charge in [0.05, 0.1) is 5.52 Å². The van der Waals surface area contributed by atoms with Crippen molar-refractivity contribution in [3.8, 4) is 16.8 Å². The van der Waals surface area contributed by atoms with Crippen LogP contribution in [0, 0.1) is 0 Å². The number of aromatic nitrogens is 1. The number of nitrogens with one attached hydrogen (secondary N) is 1. The second-order valence-corrected chi connectivity index (χ2v) is 17.2. The minimum Gasteiger partial charge on any atom is -0.361 e. The van der Waals surface area contributed by atoms with Gasteiger partial charge in [0.25, 0.3) is 0 Å². The first-order valence-electron chi connectivity index (χ1n) is 23.8. The predicted molar refractivity (Wildman–Crippen MR) is 282 cm³/mol. The van der Waals surface area contributed by atoms with Crippen molar-refractivity contribution in [3.63, 3.8) is 0 Å². The van der Waals surface area contributed by atoms with E-state index < -0.39 is 0 Å². The summed E-state index contributed by atoms with van der Waals surface area (Å²) in [5.74, 6) is 1.000. The quantitative estimate of drug-likeness (QED) is 0.136. The van der Waals surface area contributed by atoms with E-state index in [1.165, 1.54) is 104 Å². The number of benzene rings is 6. The molecule has 0 saturated heterocycles. The van der Waals surface area contributed by atoms with Crippen molar-refractivity contribution < 1.29 is 0 Å². The molecule has 6 aromatic carbocycles. The van der Waals surface area contributed by atoms with Crippen molar-refractivity contribution in [1.29, 1.82) is 0 Å². The van der Waals surface area contributed by atoms with Gasteiger partial charge in [-0.3, -0.25) is 0 Å². The highest BCUT2D eigenvalue weighted by Crippen LogP contribution is 2.36. The van der Waals surface area contributed by atoms with E-state index in [0.29, 0.717) is 0 Å². The molecule has 1 aromatic heterocycles. The molecule has 0 amide bonds. The number of fused-ring (bicyclic) bond motifs is 7. The summed E-state index contributed by atoms with van der Waals surface area (Å²) < 4.78 is 2.38. The number of anilines is 1. The van der Waals surface area contributed by atoms with E-state index in [0.717, 1.165) is 35.4 Å². The fourth-order valence-corrected chi connectivity index (χ4v) is 9.79. The normalized spacial score (nSPS) is 17.3. The smallest absolute Gasteiger partial charge is 0.0541 e. The standard InChI is InChI=1S/C61H54N2.C2H6/c1-44-56-24-12-11-22-53-37-38-55(43-61(53)63(44)60-40-39-54(42-58(56)60)48-20-9-4-10-21-48)51-33-35-52(36-34-51)57-25-13-14-26-59(57)62-41-15-23-49(46-16-5-2-6-17-46)30-27-45-28-31-50(32-29-45)47-18-7-3-8-19-47;1-2/h2,4-6,9-17,20-21,23-33,35-43,47,51,62H,1,3,7-8,18-19,22,34H2;1-2H3/b12-11-,30-27-,41-15+,49-23+,56-24+;/t51-;/m1./s1. The second kappa shape index (κ2) is 20.6. The molecule has 10 rings (SSSR count). The average Bonchev–Trinajstić information content (AvgIpc) is 3.69. The fraction of sp³-hybridized carbons (Fsp3) is 0.175. The lowest BCUT2D eigenvalue weighted by molar-refractivity contribution is 0.443. The van der Waals surface area contributed by atoms with Crippen LogP contribution in [0.2, 0.25) is 0 Å². The van der Waals surface area contributed by atoms with E-state index in [1.807, 2.05) is 20.0 Å². The van der Waals surface area contributed by atoms with Gasteiger partial charge in [0, 0.05) is 45.0 Å². The minimum atomic E-state index is 0.275. The van der Waals surface area contributed by atoms with Crippen LogP contribution in [-0.2, 0) is 6.42 Å². The number of hydrogen-bond acceptors (Lipinski definition) is 1. The highest BCUT2D eigenvalue weighted by Gasteiger charge is 2.19. The van der Waals surface area contributed by atoms with Gasteiger partial charge in [-0.05, 0) is 112 Å². The Bertz CT molecular complexity index is 3050. The lowest BCUT2D eigenvalue weighted by Crippen LogP contribution is -2.26. The van der Waals surface area contributed by atoms with Gasteiger partial charge in [0.15, 0.2) is 0 Å². The molecule has 7 aromatic rings. The molecule has 2 heterocycles. The van der Waals surface area contributed by atoms with E-state index in [-0.39, 0.29) is 5.92 Å². The van der Waals surface area contributed by atoms with E-state index >= 15 is 0 Å². The third-order valence-corrected chi connectivity index (χ3v) is 13.3. The Kier molecular flexibility index (Phi) is 13.6. The second-order valence-electron chi connectivity index (χ2n) is 17.2. The highest BCUT2D eigenvalue weighted by atomic mass is 15.0. The molecule has 1 atom stereocenters. The zero-order valence-corrected chi connectivity index (χ0v) is 38.0. The molecule has 0 radical (unpaired) electrons. The summed E-state index contributed by atoms with van der Waals surface area (Å²) in [5.41, 5.74) is 16.1. The first-order valence-corrected chi connectivity index (χ1v) is 23.8. The van der Waals surface area contributed by atoms with Crippen LogP contribution < -0.4 is 15.9 Å². The zero-order valence-electron chi connectivity index (χ0n) is 38.0. The average molecular weight is 845 g/mol. The molecule has 322 valence electrons. The molecule has 1 saturated carbocycles. The lowest BCUT2D eigenvalue weighted by atomic mass is 9.84. The molecule has 65 heavy (non-hydrogen) atoms. The van der Waals surface area contributed by atoms with Crippen LogP contribution in [0.15, 0.2) is 200 Å². The predicted octanol–water partition coefficient (Wildman–Crippen LogP) is 15.5. The SMILES string of the molecule is C=c1\c2c3cc(-c4ccccc4)ccc3n1-c1cc([C@@H]3C=CC(c4ccccc4N/C=C/C=C(\C=C/c4ccc(C5CCCCC5)cc4)c4ccccc4)=CC3)ccc1C/C=C\C=2.CC. The molecule has 1 fully saturated rings. The number of allylic oxidation sites excluding steroid dienone is 10. The van der Waals surface area contributed by atoms with Gasteiger partial charge in [-0.15, -0.1) is 0 Å². The maximum Gasteiger partial charge on any atom is 0.0541 e. The lowest BCUT2D eigenvalue weighted by Gasteiger charge is -2.21. The molecule has 3 aliphatic rings. The molecule has 2 aliphatic carbocycles. The van der Waals surface area contributed by atoms with Gasteiger partial charge in [-0.25, -0.2) is 0 Å². The number of para-hydroxylation sites is 1. The Morgan fingerprint density at radius 1 is 0.738 bits per heavy atom. The summed E-state index contributed by atoms with van der Waals surface area (Å²) in [7, 11) is 0. The summed E-state index contributed by atoms with van der Waals surface area (Å²) in [6, 6.07) is 53.0. The molecule has 2 nitrogen and oxygen atoms in total.